The van der Waals surface area contributed by atoms with Gasteiger partial charge in [-0.2, -0.15) is 0 Å². The van der Waals surface area contributed by atoms with Gasteiger partial charge < -0.3 is 21.3 Å². The molecule has 0 aromatic heterocycles. The van der Waals surface area contributed by atoms with E-state index in [9.17, 15) is 18.8 Å². The Balaban J connectivity index is 1.42. The molecule has 1 unspecified atom stereocenters. The van der Waals surface area contributed by atoms with Crippen molar-refractivity contribution in [3.05, 3.63) is 78.1 Å². The molecule has 3 amide bonds. The predicted molar refractivity (Wildman–Crippen MR) is 130 cm³/mol. The number of benzene rings is 3. The second-order valence-corrected chi connectivity index (χ2v) is 8.20. The Hall–Kier alpha value is -4.20. The summed E-state index contributed by atoms with van der Waals surface area (Å²) in [5, 5.41) is 5.58. The number of rotatable bonds is 6. The zero-order valence-electron chi connectivity index (χ0n) is 18.7. The van der Waals surface area contributed by atoms with Gasteiger partial charge in [-0.25, -0.2) is 4.39 Å². The summed E-state index contributed by atoms with van der Waals surface area (Å²) in [5.74, 6) is -0.988. The van der Waals surface area contributed by atoms with E-state index in [-0.39, 0.29) is 23.5 Å². The molecule has 4 N–H and O–H groups in total. The fourth-order valence-corrected chi connectivity index (χ4v) is 3.85. The van der Waals surface area contributed by atoms with Gasteiger partial charge >= 0.3 is 0 Å². The molecule has 0 aliphatic carbocycles. The maximum atomic E-state index is 13.2. The average molecular weight is 461 g/mol. The molecule has 1 aliphatic heterocycles. The highest BCUT2D eigenvalue weighted by Gasteiger charge is 2.29. The summed E-state index contributed by atoms with van der Waals surface area (Å²) >= 11 is 0. The van der Waals surface area contributed by atoms with Crippen LogP contribution in [0.3, 0.4) is 0 Å². The van der Waals surface area contributed by atoms with Gasteiger partial charge in [0.1, 0.15) is 11.9 Å². The van der Waals surface area contributed by atoms with Crippen LogP contribution in [0.15, 0.2) is 66.7 Å². The summed E-state index contributed by atoms with van der Waals surface area (Å²) in [5.41, 5.74) is 9.36. The third-order valence-corrected chi connectivity index (χ3v) is 5.85. The SMILES string of the molecule is CC(C(=O)Nc1ccc(C(=O)Nc2cc(-c3ccc(F)cc3)ccc2N)cc1)N1CCCC1=O. The molecule has 4 rings (SSSR count). The second-order valence-electron chi connectivity index (χ2n) is 8.20. The Kier molecular flexibility index (Phi) is 6.58. The van der Waals surface area contributed by atoms with Crippen molar-refractivity contribution in [2.45, 2.75) is 25.8 Å². The molecule has 0 spiro atoms. The number of carbonyl (C=O) groups is 3. The molecule has 1 atom stereocenters. The predicted octanol–water partition coefficient (Wildman–Crippen LogP) is 4.28. The van der Waals surface area contributed by atoms with Crippen LogP contribution in [0.5, 0.6) is 0 Å². The number of hydrogen-bond donors (Lipinski definition) is 3. The van der Waals surface area contributed by atoms with Crippen LogP contribution in [-0.4, -0.2) is 35.2 Å². The van der Waals surface area contributed by atoms with E-state index in [1.807, 2.05) is 0 Å². The van der Waals surface area contributed by atoms with Gasteiger partial charge in [-0.15, -0.1) is 0 Å². The Bertz CT molecular complexity index is 1230. The molecule has 0 saturated carbocycles. The van der Waals surface area contributed by atoms with Crippen molar-refractivity contribution in [2.75, 3.05) is 22.9 Å². The Morgan fingerprint density at radius 3 is 2.29 bits per heavy atom. The number of nitrogens with one attached hydrogen (secondary N) is 2. The summed E-state index contributed by atoms with van der Waals surface area (Å²) in [4.78, 5) is 38.7. The molecule has 3 aromatic rings. The second kappa shape index (κ2) is 9.74. The van der Waals surface area contributed by atoms with E-state index in [0.717, 1.165) is 17.5 Å². The molecule has 7 nitrogen and oxygen atoms in total. The number of amides is 3. The Labute approximate surface area is 196 Å². The van der Waals surface area contributed by atoms with Gasteiger partial charge in [0.05, 0.1) is 11.4 Å². The molecule has 0 radical (unpaired) electrons. The molecule has 174 valence electrons. The normalized spacial score (nSPS) is 14.1. The smallest absolute Gasteiger partial charge is 0.255 e. The third-order valence-electron chi connectivity index (χ3n) is 5.85. The number of nitrogens with zero attached hydrogens (tertiary/aromatic N) is 1. The number of hydrogen-bond acceptors (Lipinski definition) is 4. The molecule has 1 fully saturated rings. The number of likely N-dealkylation sites (tertiary alicyclic amines) is 1. The first-order valence-electron chi connectivity index (χ1n) is 11.0. The molecule has 1 saturated heterocycles. The molecule has 1 aliphatic rings. The van der Waals surface area contributed by atoms with E-state index < -0.39 is 6.04 Å². The molecule has 0 bridgehead atoms. The zero-order valence-corrected chi connectivity index (χ0v) is 18.7. The quantitative estimate of drug-likeness (QED) is 0.478. The number of carbonyl (C=O) groups excluding carboxylic acids is 3. The van der Waals surface area contributed by atoms with Gasteiger partial charge in [0.15, 0.2) is 0 Å². The van der Waals surface area contributed by atoms with E-state index in [2.05, 4.69) is 10.6 Å². The average Bonchev–Trinajstić information content (AvgIpc) is 3.26. The maximum absolute atomic E-state index is 13.2. The summed E-state index contributed by atoms with van der Waals surface area (Å²) in [6.45, 7) is 2.28. The Morgan fingerprint density at radius 2 is 1.65 bits per heavy atom. The van der Waals surface area contributed by atoms with Gasteiger partial charge in [0.25, 0.3) is 5.91 Å². The number of nitrogens with two attached hydrogens (primary N) is 1. The summed E-state index contributed by atoms with van der Waals surface area (Å²) in [6.07, 6.45) is 1.23. The van der Waals surface area contributed by atoms with Crippen molar-refractivity contribution in [3.8, 4) is 11.1 Å². The highest BCUT2D eigenvalue weighted by atomic mass is 19.1. The van der Waals surface area contributed by atoms with Crippen molar-refractivity contribution in [1.29, 1.82) is 0 Å². The minimum Gasteiger partial charge on any atom is -0.397 e. The lowest BCUT2D eigenvalue weighted by Crippen LogP contribution is -2.42. The van der Waals surface area contributed by atoms with E-state index >= 15 is 0 Å². The molecular formula is C26H25FN4O3. The van der Waals surface area contributed by atoms with Crippen molar-refractivity contribution < 1.29 is 18.8 Å². The topological polar surface area (TPSA) is 105 Å². The van der Waals surface area contributed by atoms with Crippen LogP contribution in [0.25, 0.3) is 11.1 Å². The monoisotopic (exact) mass is 460 g/mol. The fraction of sp³-hybridized carbons (Fsp3) is 0.192. The first-order chi connectivity index (χ1) is 16.3. The first kappa shape index (κ1) is 23.0. The van der Waals surface area contributed by atoms with Crippen LogP contribution in [0.1, 0.15) is 30.1 Å². The van der Waals surface area contributed by atoms with Crippen LogP contribution in [0.2, 0.25) is 0 Å². The standard InChI is InChI=1S/C26H25FN4O3/c1-16(31-14-2-3-24(31)32)25(33)29-21-11-6-18(7-12-21)26(34)30-23-15-19(8-13-22(23)28)17-4-9-20(27)10-5-17/h4-13,15-16H,2-3,14,28H2,1H3,(H,29,33)(H,30,34). The van der Waals surface area contributed by atoms with Gasteiger partial charge in [0.2, 0.25) is 11.8 Å². The lowest BCUT2D eigenvalue weighted by Gasteiger charge is -2.23. The van der Waals surface area contributed by atoms with Gasteiger partial charge in [0, 0.05) is 24.2 Å². The molecule has 3 aromatic carbocycles. The fourth-order valence-electron chi connectivity index (χ4n) is 3.85. The number of nitrogen functional groups attached to an aromatic ring is 1. The minimum absolute atomic E-state index is 0.0163. The lowest BCUT2D eigenvalue weighted by molar-refractivity contribution is -0.134. The van der Waals surface area contributed by atoms with Crippen LogP contribution in [0, 0.1) is 5.82 Å². The van der Waals surface area contributed by atoms with Crippen molar-refractivity contribution >= 4 is 34.8 Å². The zero-order chi connectivity index (χ0) is 24.2. The highest BCUT2D eigenvalue weighted by molar-refractivity contribution is 6.06. The van der Waals surface area contributed by atoms with E-state index in [1.54, 1.807) is 66.4 Å². The summed E-state index contributed by atoms with van der Waals surface area (Å²) in [7, 11) is 0. The molecule has 1 heterocycles. The van der Waals surface area contributed by atoms with Gasteiger partial charge in [-0.1, -0.05) is 18.2 Å². The van der Waals surface area contributed by atoms with Crippen LogP contribution in [-0.2, 0) is 9.59 Å². The Morgan fingerprint density at radius 1 is 0.971 bits per heavy atom. The molecular weight excluding hydrogens is 435 g/mol. The van der Waals surface area contributed by atoms with Crippen molar-refractivity contribution in [3.63, 3.8) is 0 Å². The maximum Gasteiger partial charge on any atom is 0.255 e. The van der Waals surface area contributed by atoms with Gasteiger partial charge in [-0.05, 0) is 73.0 Å². The summed E-state index contributed by atoms with van der Waals surface area (Å²) < 4.78 is 13.2. The van der Waals surface area contributed by atoms with E-state index in [4.69, 9.17) is 5.73 Å². The molecule has 8 heteroatoms. The van der Waals surface area contributed by atoms with Crippen LogP contribution < -0.4 is 16.4 Å². The third kappa shape index (κ3) is 5.06. The van der Waals surface area contributed by atoms with E-state index in [1.165, 1.54) is 12.1 Å². The lowest BCUT2D eigenvalue weighted by atomic mass is 10.0. The van der Waals surface area contributed by atoms with Crippen molar-refractivity contribution in [1.82, 2.24) is 4.90 Å². The van der Waals surface area contributed by atoms with E-state index in [0.29, 0.717) is 35.6 Å². The molecule has 34 heavy (non-hydrogen) atoms. The van der Waals surface area contributed by atoms with Gasteiger partial charge in [-0.3, -0.25) is 14.4 Å². The number of halogens is 1. The van der Waals surface area contributed by atoms with Crippen molar-refractivity contribution in [2.24, 2.45) is 0 Å². The largest absolute Gasteiger partial charge is 0.397 e. The van der Waals surface area contributed by atoms with Crippen LogP contribution in [0.4, 0.5) is 21.5 Å². The summed E-state index contributed by atoms with van der Waals surface area (Å²) in [6, 6.07) is 17.1. The minimum atomic E-state index is -0.561. The van der Waals surface area contributed by atoms with Crippen LogP contribution >= 0.6 is 0 Å². The number of anilines is 3. The first-order valence-corrected chi connectivity index (χ1v) is 11.0. The highest BCUT2D eigenvalue weighted by Crippen LogP contribution is 2.28.